The van der Waals surface area contributed by atoms with Crippen molar-refractivity contribution in [3.8, 4) is 38.8 Å². The number of aryl methyl sites for hydroxylation is 2. The van der Waals surface area contributed by atoms with Crippen LogP contribution in [0, 0.1) is 19.8 Å². The van der Waals surface area contributed by atoms with Crippen molar-refractivity contribution < 1.29 is 24.3 Å². The van der Waals surface area contributed by atoms with Crippen molar-refractivity contribution in [2.24, 2.45) is 5.92 Å². The Bertz CT molecular complexity index is 2770. The summed E-state index contributed by atoms with van der Waals surface area (Å²) in [5, 5.41) is 38.6. The van der Waals surface area contributed by atoms with Crippen LogP contribution in [0.4, 0.5) is 5.95 Å². The molecule has 9 rings (SSSR count). The Hall–Kier alpha value is -6.10. The van der Waals surface area contributed by atoms with E-state index in [-0.39, 0.29) is 48.4 Å². The highest BCUT2D eigenvalue weighted by Crippen LogP contribution is 2.41. The smallest absolute Gasteiger partial charge is 0.243 e. The first-order valence-corrected chi connectivity index (χ1v) is 22.5. The Morgan fingerprint density at radius 1 is 0.952 bits per heavy atom. The lowest BCUT2D eigenvalue weighted by Gasteiger charge is -2.29. The monoisotopic (exact) mass is 869 g/mol. The van der Waals surface area contributed by atoms with E-state index in [4.69, 9.17) is 9.51 Å². The molecule has 2 aliphatic heterocycles. The molecule has 2 saturated heterocycles. The highest BCUT2D eigenvalue weighted by molar-refractivity contribution is 7.19. The molecule has 2 aromatic carbocycles. The molecular weight excluding hydrogens is 823 g/mol. The van der Waals surface area contributed by atoms with Gasteiger partial charge < -0.3 is 29.9 Å². The Morgan fingerprint density at radius 2 is 1.76 bits per heavy atom. The Kier molecular flexibility index (Phi) is 11.3. The average molecular weight is 870 g/mol. The zero-order valence-corrected chi connectivity index (χ0v) is 36.7. The van der Waals surface area contributed by atoms with Gasteiger partial charge in [0.25, 0.3) is 0 Å². The van der Waals surface area contributed by atoms with Crippen LogP contribution in [0.1, 0.15) is 78.9 Å². The number of nitrogens with one attached hydrogen (secondary N) is 1. The minimum atomic E-state index is -0.845. The van der Waals surface area contributed by atoms with Gasteiger partial charge in [-0.3, -0.25) is 9.59 Å². The van der Waals surface area contributed by atoms with Crippen LogP contribution in [-0.4, -0.2) is 89.0 Å². The summed E-state index contributed by atoms with van der Waals surface area (Å²) < 4.78 is 5.88. The number of aliphatic hydroxyl groups excluding tert-OH is 1. The van der Waals surface area contributed by atoms with E-state index in [1.807, 2.05) is 75.7 Å². The van der Waals surface area contributed by atoms with E-state index < -0.39 is 18.1 Å². The van der Waals surface area contributed by atoms with Crippen LogP contribution in [0.2, 0.25) is 0 Å². The summed E-state index contributed by atoms with van der Waals surface area (Å²) in [6.45, 7) is 11.4. The van der Waals surface area contributed by atoms with Crippen molar-refractivity contribution in [2.75, 3.05) is 24.5 Å². The predicted molar refractivity (Wildman–Crippen MR) is 239 cm³/mol. The first-order chi connectivity index (χ1) is 29.9. The lowest BCUT2D eigenvalue weighted by atomic mass is 9.91. The van der Waals surface area contributed by atoms with Gasteiger partial charge in [0.15, 0.2) is 0 Å². The molecule has 16 heteroatoms. The molecule has 3 N–H and O–H groups in total. The maximum atomic E-state index is 14.4. The van der Waals surface area contributed by atoms with Crippen molar-refractivity contribution in [3.05, 3.63) is 106 Å². The van der Waals surface area contributed by atoms with Crippen molar-refractivity contribution in [1.29, 1.82) is 0 Å². The molecule has 0 radical (unpaired) electrons. The van der Waals surface area contributed by atoms with Crippen LogP contribution in [-0.2, 0) is 9.59 Å². The van der Waals surface area contributed by atoms with Gasteiger partial charge in [0, 0.05) is 60.1 Å². The number of amides is 2. The molecule has 318 valence electrons. The number of rotatable bonds is 11. The minimum Gasteiger partial charge on any atom is -0.507 e. The zero-order chi connectivity index (χ0) is 43.2. The Labute approximate surface area is 366 Å². The third-order valence-electron chi connectivity index (χ3n) is 12.1. The number of likely N-dealkylation sites (tertiary alicyclic amines) is 1. The highest BCUT2D eigenvalue weighted by atomic mass is 32.1. The van der Waals surface area contributed by atoms with Crippen LogP contribution in [0.3, 0.4) is 0 Å². The molecule has 2 aliphatic rings. The number of thiophene rings is 1. The molecule has 0 bridgehead atoms. The predicted octanol–water partition coefficient (Wildman–Crippen LogP) is 7.82. The van der Waals surface area contributed by atoms with Gasteiger partial charge >= 0.3 is 0 Å². The topological polar surface area (TPSA) is 184 Å². The first kappa shape index (κ1) is 41.3. The number of β-amino-alcohol motifs (C(OH)–C–C–N with tert-alkyl or cyclic N) is 1. The van der Waals surface area contributed by atoms with Crippen LogP contribution in [0.15, 0.2) is 83.0 Å². The standard InChI is InChI=1S/C46H47N9O5S2/c1-24(2)40(45(59)55-22-31(56)18-37(55)43(58)49-26(4)28-10-12-29(13-11-28)42-27(5)48-23-61-42)39-20-36(53-60-39)34-14-16-47-46(50-34)54-17-15-30(21-54)41-25(3)33-19-35(51-52-44(33)62-41)32-8-6-7-9-38(32)57/h6-14,16,19-20,23-24,26,30-31,37,40,56-57H,15,17-18,21-22H2,1-5H3,(H,49,58)/t26-,30-,31+,37-,40+/m0/s1. The lowest BCUT2D eigenvalue weighted by molar-refractivity contribution is -0.141. The quantitative estimate of drug-likeness (QED) is 0.115. The fraction of sp³-hybridized carbons (Fsp3) is 0.348. The number of aliphatic hydroxyl groups is 1. The summed E-state index contributed by atoms with van der Waals surface area (Å²) >= 11 is 3.24. The van der Waals surface area contributed by atoms with Crippen molar-refractivity contribution in [2.45, 2.75) is 77.5 Å². The van der Waals surface area contributed by atoms with Gasteiger partial charge in [-0.05, 0) is 74.1 Å². The lowest BCUT2D eigenvalue weighted by Crippen LogP contribution is -2.48. The Balaban J connectivity index is 0.876. The molecule has 2 amide bonds. The van der Waals surface area contributed by atoms with E-state index in [1.54, 1.807) is 53.1 Å². The van der Waals surface area contributed by atoms with Crippen molar-refractivity contribution >= 4 is 50.7 Å². The van der Waals surface area contributed by atoms with Gasteiger partial charge in [0.2, 0.25) is 17.8 Å². The number of hydrogen-bond donors (Lipinski definition) is 3. The van der Waals surface area contributed by atoms with Crippen LogP contribution in [0.25, 0.3) is 43.3 Å². The molecule has 2 fully saturated rings. The summed E-state index contributed by atoms with van der Waals surface area (Å²) in [6.07, 6.45) is 1.92. The summed E-state index contributed by atoms with van der Waals surface area (Å²) in [7, 11) is 0. The molecule has 7 heterocycles. The van der Waals surface area contributed by atoms with Gasteiger partial charge in [0.05, 0.1) is 39.6 Å². The number of carbonyl (C=O) groups is 2. The zero-order valence-electron chi connectivity index (χ0n) is 35.0. The van der Waals surface area contributed by atoms with E-state index in [1.165, 1.54) is 9.78 Å². The van der Waals surface area contributed by atoms with Crippen molar-refractivity contribution in [1.82, 2.24) is 40.5 Å². The van der Waals surface area contributed by atoms with Gasteiger partial charge in [-0.1, -0.05) is 55.4 Å². The maximum absolute atomic E-state index is 14.4. The number of benzene rings is 2. The fourth-order valence-corrected chi connectivity index (χ4v) is 10.8. The molecule has 0 saturated carbocycles. The number of anilines is 1. The maximum Gasteiger partial charge on any atom is 0.243 e. The van der Waals surface area contributed by atoms with E-state index in [0.717, 1.165) is 57.0 Å². The number of carbonyl (C=O) groups excluding carboxylic acids is 2. The molecule has 0 unspecified atom stereocenters. The molecule has 7 aromatic rings. The second-order valence-corrected chi connectivity index (χ2v) is 18.5. The van der Waals surface area contributed by atoms with E-state index in [0.29, 0.717) is 34.4 Å². The van der Waals surface area contributed by atoms with E-state index >= 15 is 0 Å². The Morgan fingerprint density at radius 3 is 2.52 bits per heavy atom. The minimum absolute atomic E-state index is 0.0399. The molecule has 0 spiro atoms. The third-order valence-corrected chi connectivity index (χ3v) is 14.4. The van der Waals surface area contributed by atoms with Gasteiger partial charge in [-0.2, -0.15) is 0 Å². The number of phenolic OH excluding ortho intramolecular Hbond substituents is 1. The first-order valence-electron chi connectivity index (χ1n) is 20.8. The van der Waals surface area contributed by atoms with Crippen LogP contribution >= 0.6 is 22.7 Å². The van der Waals surface area contributed by atoms with Crippen LogP contribution < -0.4 is 10.2 Å². The van der Waals surface area contributed by atoms with Gasteiger partial charge in [0.1, 0.15) is 34.0 Å². The molecule has 0 aliphatic carbocycles. The number of hydrogen-bond acceptors (Lipinski definition) is 14. The molecule has 14 nitrogen and oxygen atoms in total. The second-order valence-electron chi connectivity index (χ2n) is 16.6. The second kappa shape index (κ2) is 17.0. The van der Waals surface area contributed by atoms with Crippen molar-refractivity contribution in [3.63, 3.8) is 0 Å². The molecule has 5 aromatic heterocycles. The van der Waals surface area contributed by atoms with Crippen LogP contribution in [0.5, 0.6) is 5.75 Å². The number of para-hydroxylation sites is 1. The molecule has 5 atom stereocenters. The summed E-state index contributed by atoms with van der Waals surface area (Å²) in [5.41, 5.74) is 8.27. The average Bonchev–Trinajstić information content (AvgIpc) is 4.13. The third kappa shape index (κ3) is 7.93. The normalized spacial score (nSPS) is 18.8. The number of nitrogens with zero attached hydrogens (tertiary/aromatic N) is 8. The summed E-state index contributed by atoms with van der Waals surface area (Å²) in [4.78, 5) is 48.9. The van der Waals surface area contributed by atoms with E-state index in [9.17, 15) is 19.8 Å². The highest BCUT2D eigenvalue weighted by Gasteiger charge is 2.43. The number of aromatic nitrogens is 6. The fourth-order valence-electron chi connectivity index (χ4n) is 8.72. The largest absolute Gasteiger partial charge is 0.507 e. The SMILES string of the molecule is Cc1ncsc1-c1ccc([C@H](C)NC(=O)[C@@H]2C[C@@H](O)CN2C(=O)[C@@H](c2cc(-c3ccnc(N4CC[C@H](c5sc6nnc(-c7ccccc7O)cc6c5C)C4)n3)no2)C(C)C)cc1. The number of phenols is 1. The van der Waals surface area contributed by atoms with Gasteiger partial charge in [-0.15, -0.1) is 32.9 Å². The number of aromatic hydroxyl groups is 1. The molecular formula is C46H47N9O5S2. The number of fused-ring (bicyclic) bond motifs is 1. The van der Waals surface area contributed by atoms with Gasteiger partial charge in [-0.25, -0.2) is 15.0 Å². The van der Waals surface area contributed by atoms with E-state index in [2.05, 4.69) is 42.5 Å². The summed E-state index contributed by atoms with van der Waals surface area (Å²) in [6, 6.07) is 19.5. The molecule has 62 heavy (non-hydrogen) atoms. The summed E-state index contributed by atoms with van der Waals surface area (Å²) in [5.74, 6) is -0.226. The number of thiazole rings is 1.